The second-order valence-electron chi connectivity index (χ2n) is 4.40. The van der Waals surface area contributed by atoms with Gasteiger partial charge in [0.05, 0.1) is 13.0 Å². The van der Waals surface area contributed by atoms with Crippen LogP contribution in [0.2, 0.25) is 0 Å². The highest BCUT2D eigenvalue weighted by Crippen LogP contribution is 2.15. The molecule has 0 aromatic heterocycles. The van der Waals surface area contributed by atoms with E-state index in [0.717, 1.165) is 0 Å². The van der Waals surface area contributed by atoms with E-state index in [1.54, 1.807) is 0 Å². The third kappa shape index (κ3) is 3.86. The van der Waals surface area contributed by atoms with Crippen LogP contribution < -0.4 is 5.32 Å². The number of hydrogen-bond acceptors (Lipinski definition) is 3. The molecule has 0 aliphatic rings. The molecular weight excluding hydrogens is 214 g/mol. The largest absolute Gasteiger partial charge is 0.469 e. The van der Waals surface area contributed by atoms with Crippen LogP contribution in [0.1, 0.15) is 32.4 Å². The zero-order valence-corrected chi connectivity index (χ0v) is 10.9. The normalized spacial score (nSPS) is 16.0. The lowest BCUT2D eigenvalue weighted by Crippen LogP contribution is -2.38. The lowest BCUT2D eigenvalue weighted by molar-refractivity contribution is -0.145. The van der Waals surface area contributed by atoms with Crippen molar-refractivity contribution in [2.75, 3.05) is 7.11 Å². The highest BCUT2D eigenvalue weighted by atomic mass is 16.5. The van der Waals surface area contributed by atoms with E-state index in [9.17, 15) is 4.79 Å². The molecule has 0 amide bonds. The fraction of sp³-hybridized carbons (Fsp3) is 0.500. The number of nitrogens with one attached hydrogen (secondary N) is 1. The molecule has 3 atom stereocenters. The third-order valence-electron chi connectivity index (χ3n) is 3.14. The number of hydrogen-bond donors (Lipinski definition) is 1. The van der Waals surface area contributed by atoms with Crippen LogP contribution in [-0.2, 0) is 9.53 Å². The van der Waals surface area contributed by atoms with Crippen LogP contribution in [0.15, 0.2) is 30.3 Å². The molecule has 3 unspecified atom stereocenters. The summed E-state index contributed by atoms with van der Waals surface area (Å²) >= 11 is 0. The molecule has 0 spiro atoms. The zero-order valence-electron chi connectivity index (χ0n) is 10.9. The maximum atomic E-state index is 11.4. The van der Waals surface area contributed by atoms with Crippen molar-refractivity contribution < 1.29 is 9.53 Å². The van der Waals surface area contributed by atoms with E-state index in [4.69, 9.17) is 4.74 Å². The van der Waals surface area contributed by atoms with Crippen molar-refractivity contribution in [2.45, 2.75) is 32.9 Å². The Labute approximate surface area is 103 Å². The van der Waals surface area contributed by atoms with Gasteiger partial charge < -0.3 is 10.1 Å². The molecule has 3 heteroatoms. The molecule has 17 heavy (non-hydrogen) atoms. The van der Waals surface area contributed by atoms with E-state index in [-0.39, 0.29) is 24.0 Å². The molecule has 1 rings (SSSR count). The Morgan fingerprint density at radius 3 is 2.29 bits per heavy atom. The molecule has 3 nitrogen and oxygen atoms in total. The zero-order chi connectivity index (χ0) is 12.8. The first kappa shape index (κ1) is 13.7. The molecule has 0 aliphatic carbocycles. The number of ether oxygens (including phenoxy) is 1. The van der Waals surface area contributed by atoms with Gasteiger partial charge in [-0.05, 0) is 19.4 Å². The number of methoxy groups -OCH3 is 1. The van der Waals surface area contributed by atoms with Crippen molar-refractivity contribution >= 4 is 5.97 Å². The lowest BCUT2D eigenvalue weighted by atomic mass is 10.0. The maximum absolute atomic E-state index is 11.4. The van der Waals surface area contributed by atoms with Crippen LogP contribution in [0.25, 0.3) is 0 Å². The Balaban J connectivity index is 2.57. The van der Waals surface area contributed by atoms with Crippen molar-refractivity contribution in [3.8, 4) is 0 Å². The van der Waals surface area contributed by atoms with E-state index >= 15 is 0 Å². The summed E-state index contributed by atoms with van der Waals surface area (Å²) in [5, 5.41) is 3.41. The van der Waals surface area contributed by atoms with Gasteiger partial charge in [0.2, 0.25) is 0 Å². The first-order valence-electron chi connectivity index (χ1n) is 5.95. The van der Waals surface area contributed by atoms with Gasteiger partial charge in [-0.2, -0.15) is 0 Å². The molecule has 0 radical (unpaired) electrons. The average Bonchev–Trinajstić information content (AvgIpc) is 2.37. The van der Waals surface area contributed by atoms with Crippen molar-refractivity contribution in [3.05, 3.63) is 35.9 Å². The highest BCUT2D eigenvalue weighted by Gasteiger charge is 2.22. The fourth-order valence-electron chi connectivity index (χ4n) is 1.77. The second kappa shape index (κ2) is 6.40. The number of carbonyl (C=O) groups is 1. The van der Waals surface area contributed by atoms with Crippen LogP contribution in [0.3, 0.4) is 0 Å². The Morgan fingerprint density at radius 2 is 1.76 bits per heavy atom. The average molecular weight is 235 g/mol. The molecule has 1 aromatic rings. The number of rotatable bonds is 5. The minimum Gasteiger partial charge on any atom is -0.469 e. The van der Waals surface area contributed by atoms with Gasteiger partial charge in [-0.15, -0.1) is 0 Å². The number of benzene rings is 1. The van der Waals surface area contributed by atoms with Gasteiger partial charge >= 0.3 is 5.97 Å². The van der Waals surface area contributed by atoms with Crippen molar-refractivity contribution in [3.63, 3.8) is 0 Å². The standard InChI is InChI=1S/C14H21NO2/c1-10(14(16)17-4)11(2)15-12(3)13-8-6-5-7-9-13/h5-12,15H,1-4H3. The fourth-order valence-corrected chi connectivity index (χ4v) is 1.77. The van der Waals surface area contributed by atoms with E-state index in [2.05, 4.69) is 24.4 Å². The molecule has 0 bridgehead atoms. The minimum atomic E-state index is -0.176. The summed E-state index contributed by atoms with van der Waals surface area (Å²) in [7, 11) is 1.42. The molecule has 0 saturated carbocycles. The minimum absolute atomic E-state index is 0.0812. The monoisotopic (exact) mass is 235 g/mol. The Morgan fingerprint density at radius 1 is 1.18 bits per heavy atom. The molecule has 0 saturated heterocycles. The lowest BCUT2D eigenvalue weighted by Gasteiger charge is -2.24. The Bertz CT molecular complexity index is 350. The summed E-state index contributed by atoms with van der Waals surface area (Å²) < 4.78 is 4.74. The Hall–Kier alpha value is -1.35. The van der Waals surface area contributed by atoms with Crippen LogP contribution >= 0.6 is 0 Å². The summed E-state index contributed by atoms with van der Waals surface area (Å²) in [4.78, 5) is 11.4. The van der Waals surface area contributed by atoms with Gasteiger partial charge in [0, 0.05) is 12.1 Å². The van der Waals surface area contributed by atoms with E-state index in [1.165, 1.54) is 12.7 Å². The highest BCUT2D eigenvalue weighted by molar-refractivity contribution is 5.72. The summed E-state index contributed by atoms with van der Waals surface area (Å²) in [6.45, 7) is 5.97. The van der Waals surface area contributed by atoms with E-state index < -0.39 is 0 Å². The van der Waals surface area contributed by atoms with Crippen LogP contribution in [-0.4, -0.2) is 19.1 Å². The molecule has 0 heterocycles. The van der Waals surface area contributed by atoms with Crippen LogP contribution in [0, 0.1) is 5.92 Å². The quantitative estimate of drug-likeness (QED) is 0.797. The molecule has 0 aliphatic heterocycles. The van der Waals surface area contributed by atoms with Crippen molar-refractivity contribution in [1.82, 2.24) is 5.32 Å². The third-order valence-corrected chi connectivity index (χ3v) is 3.14. The Kier molecular flexibility index (Phi) is 5.16. The summed E-state index contributed by atoms with van der Waals surface area (Å²) in [5.74, 6) is -0.323. The predicted octanol–water partition coefficient (Wildman–Crippen LogP) is 2.53. The van der Waals surface area contributed by atoms with Gasteiger partial charge in [-0.25, -0.2) is 0 Å². The topological polar surface area (TPSA) is 38.3 Å². The first-order chi connectivity index (χ1) is 8.06. The van der Waals surface area contributed by atoms with Crippen LogP contribution in [0.5, 0.6) is 0 Å². The molecule has 94 valence electrons. The number of carbonyl (C=O) groups excluding carboxylic acids is 1. The summed E-state index contributed by atoms with van der Waals surface area (Å²) in [6.07, 6.45) is 0. The summed E-state index contributed by atoms with van der Waals surface area (Å²) in [5.41, 5.74) is 1.22. The molecule has 0 fully saturated rings. The second-order valence-corrected chi connectivity index (χ2v) is 4.40. The number of esters is 1. The van der Waals surface area contributed by atoms with Gasteiger partial charge in [0.15, 0.2) is 0 Å². The predicted molar refractivity (Wildman–Crippen MR) is 68.6 cm³/mol. The molecule has 1 aromatic carbocycles. The van der Waals surface area contributed by atoms with Crippen molar-refractivity contribution in [1.29, 1.82) is 0 Å². The molecule has 1 N–H and O–H groups in total. The van der Waals surface area contributed by atoms with E-state index in [0.29, 0.717) is 0 Å². The van der Waals surface area contributed by atoms with Gasteiger partial charge in [-0.1, -0.05) is 37.3 Å². The first-order valence-corrected chi connectivity index (χ1v) is 5.95. The summed E-state index contributed by atoms with van der Waals surface area (Å²) in [6, 6.07) is 10.5. The van der Waals surface area contributed by atoms with Gasteiger partial charge in [-0.3, -0.25) is 4.79 Å². The van der Waals surface area contributed by atoms with E-state index in [1.807, 2.05) is 32.0 Å². The SMILES string of the molecule is COC(=O)C(C)C(C)NC(C)c1ccccc1. The molecular formula is C14H21NO2. The van der Waals surface area contributed by atoms with Gasteiger partial charge in [0.1, 0.15) is 0 Å². The van der Waals surface area contributed by atoms with Crippen LogP contribution in [0.4, 0.5) is 0 Å². The smallest absolute Gasteiger partial charge is 0.309 e. The van der Waals surface area contributed by atoms with Crippen molar-refractivity contribution in [2.24, 2.45) is 5.92 Å². The van der Waals surface area contributed by atoms with Gasteiger partial charge in [0.25, 0.3) is 0 Å². The maximum Gasteiger partial charge on any atom is 0.309 e.